The van der Waals surface area contributed by atoms with E-state index in [1.807, 2.05) is 31.2 Å². The average molecular weight is 386 g/mol. The Morgan fingerprint density at radius 2 is 1.93 bits per heavy atom. The van der Waals surface area contributed by atoms with Crippen LogP contribution in [0.15, 0.2) is 36.4 Å². The van der Waals surface area contributed by atoms with E-state index in [2.05, 4.69) is 17.4 Å². The van der Waals surface area contributed by atoms with Crippen LogP contribution in [0.25, 0.3) is 0 Å². The quantitative estimate of drug-likeness (QED) is 0.571. The van der Waals surface area contributed by atoms with Crippen molar-refractivity contribution in [2.45, 2.75) is 57.9 Å². The van der Waals surface area contributed by atoms with E-state index in [0.717, 1.165) is 25.7 Å². The molecule has 0 spiro atoms. The van der Waals surface area contributed by atoms with Crippen molar-refractivity contribution in [1.29, 1.82) is 0 Å². The maximum atomic E-state index is 12.3. The van der Waals surface area contributed by atoms with Crippen molar-refractivity contribution < 1.29 is 14.3 Å². The van der Waals surface area contributed by atoms with Gasteiger partial charge in [-0.25, -0.2) is 4.79 Å². The maximum Gasteiger partial charge on any atom is 0.348 e. The monoisotopic (exact) mass is 385 g/mol. The SMILES string of the molecule is CC(CCc1ccccc1)NC(=O)COC(=O)c1cc2c(s1)CCCCC2. The summed E-state index contributed by atoms with van der Waals surface area (Å²) in [7, 11) is 0. The zero-order valence-corrected chi connectivity index (χ0v) is 16.6. The van der Waals surface area contributed by atoms with E-state index < -0.39 is 0 Å². The number of hydrogen-bond acceptors (Lipinski definition) is 4. The zero-order chi connectivity index (χ0) is 19.1. The van der Waals surface area contributed by atoms with Gasteiger partial charge in [-0.3, -0.25) is 4.79 Å². The average Bonchev–Trinajstić information content (AvgIpc) is 2.96. The number of aryl methyl sites for hydroxylation is 3. The van der Waals surface area contributed by atoms with Crippen LogP contribution < -0.4 is 5.32 Å². The second kappa shape index (κ2) is 9.70. The van der Waals surface area contributed by atoms with Gasteiger partial charge in [-0.2, -0.15) is 0 Å². The number of carbonyl (C=O) groups excluding carboxylic acids is 2. The van der Waals surface area contributed by atoms with Crippen LogP contribution in [0.4, 0.5) is 0 Å². The molecule has 1 N–H and O–H groups in total. The van der Waals surface area contributed by atoms with Crippen molar-refractivity contribution >= 4 is 23.2 Å². The van der Waals surface area contributed by atoms with Crippen molar-refractivity contribution in [3.63, 3.8) is 0 Å². The first-order chi connectivity index (χ1) is 13.1. The fourth-order valence-corrected chi connectivity index (χ4v) is 4.53. The number of hydrogen-bond donors (Lipinski definition) is 1. The van der Waals surface area contributed by atoms with Crippen molar-refractivity contribution in [3.05, 3.63) is 57.3 Å². The molecule has 0 saturated carbocycles. The van der Waals surface area contributed by atoms with E-state index in [1.54, 1.807) is 0 Å². The maximum absolute atomic E-state index is 12.3. The van der Waals surface area contributed by atoms with E-state index in [9.17, 15) is 9.59 Å². The molecule has 1 atom stereocenters. The van der Waals surface area contributed by atoms with Gasteiger partial charge in [0.1, 0.15) is 4.88 Å². The van der Waals surface area contributed by atoms with Crippen LogP contribution >= 0.6 is 11.3 Å². The van der Waals surface area contributed by atoms with Crippen LogP contribution in [0.3, 0.4) is 0 Å². The Hall–Kier alpha value is -2.14. The second-order valence-electron chi connectivity index (χ2n) is 7.19. The van der Waals surface area contributed by atoms with E-state index in [0.29, 0.717) is 4.88 Å². The number of carbonyl (C=O) groups is 2. The molecule has 0 bridgehead atoms. The molecule has 1 aliphatic rings. The minimum atomic E-state index is -0.389. The van der Waals surface area contributed by atoms with Crippen LogP contribution in [-0.4, -0.2) is 24.5 Å². The Kier molecular flexibility index (Phi) is 7.04. The lowest BCUT2D eigenvalue weighted by Crippen LogP contribution is -2.36. The molecule has 2 aromatic rings. The second-order valence-corrected chi connectivity index (χ2v) is 8.33. The minimum Gasteiger partial charge on any atom is -0.451 e. The summed E-state index contributed by atoms with van der Waals surface area (Å²) in [6.45, 7) is 1.75. The lowest BCUT2D eigenvalue weighted by molar-refractivity contribution is -0.124. The molecule has 1 aromatic carbocycles. The van der Waals surface area contributed by atoms with Gasteiger partial charge in [0.25, 0.3) is 5.91 Å². The number of amides is 1. The highest BCUT2D eigenvalue weighted by atomic mass is 32.1. The summed E-state index contributed by atoms with van der Waals surface area (Å²) in [5.74, 6) is -0.637. The van der Waals surface area contributed by atoms with Gasteiger partial charge in [-0.15, -0.1) is 11.3 Å². The summed E-state index contributed by atoms with van der Waals surface area (Å²) in [6.07, 6.45) is 7.46. The van der Waals surface area contributed by atoms with Crippen LogP contribution in [0.5, 0.6) is 0 Å². The number of thiophene rings is 1. The standard InChI is InChI=1S/C22H27NO3S/c1-16(12-13-17-8-4-2-5-9-17)23-21(24)15-26-22(25)20-14-18-10-6-3-7-11-19(18)27-20/h2,4-5,8-9,14,16H,3,6-7,10-13,15H2,1H3,(H,23,24). The van der Waals surface area contributed by atoms with Gasteiger partial charge in [0.2, 0.25) is 0 Å². The Bertz CT molecular complexity index is 746. The van der Waals surface area contributed by atoms with Gasteiger partial charge in [-0.1, -0.05) is 36.8 Å². The highest BCUT2D eigenvalue weighted by molar-refractivity contribution is 7.14. The van der Waals surface area contributed by atoms with Gasteiger partial charge in [0.05, 0.1) is 0 Å². The van der Waals surface area contributed by atoms with Gasteiger partial charge in [-0.05, 0) is 62.6 Å². The number of rotatable bonds is 7. The normalized spacial score (nSPS) is 14.7. The minimum absolute atomic E-state index is 0.0363. The highest BCUT2D eigenvalue weighted by Crippen LogP contribution is 2.29. The summed E-state index contributed by atoms with van der Waals surface area (Å²) in [5, 5.41) is 2.90. The fraction of sp³-hybridized carbons (Fsp3) is 0.455. The molecule has 0 fully saturated rings. The van der Waals surface area contributed by atoms with E-state index >= 15 is 0 Å². The summed E-state index contributed by atoms with van der Waals surface area (Å²) in [6, 6.07) is 12.2. The zero-order valence-electron chi connectivity index (χ0n) is 15.8. The molecule has 144 valence electrons. The Labute approximate surface area is 164 Å². The lowest BCUT2D eigenvalue weighted by Gasteiger charge is -2.13. The Morgan fingerprint density at radius 3 is 2.74 bits per heavy atom. The van der Waals surface area contributed by atoms with Crippen molar-refractivity contribution in [2.24, 2.45) is 0 Å². The Morgan fingerprint density at radius 1 is 1.15 bits per heavy atom. The number of nitrogens with one attached hydrogen (secondary N) is 1. The third-order valence-corrected chi connectivity index (χ3v) is 6.12. The number of fused-ring (bicyclic) bond motifs is 1. The molecule has 1 heterocycles. The number of benzene rings is 1. The van der Waals surface area contributed by atoms with Gasteiger partial charge < -0.3 is 10.1 Å². The lowest BCUT2D eigenvalue weighted by atomic mass is 10.1. The van der Waals surface area contributed by atoms with Crippen LogP contribution in [0, 0.1) is 0 Å². The largest absolute Gasteiger partial charge is 0.451 e. The topological polar surface area (TPSA) is 55.4 Å². The van der Waals surface area contributed by atoms with Crippen molar-refractivity contribution in [2.75, 3.05) is 6.61 Å². The predicted octanol–water partition coefficient (Wildman–Crippen LogP) is 4.31. The van der Waals surface area contributed by atoms with E-state index in [-0.39, 0.29) is 24.5 Å². The predicted molar refractivity (Wildman–Crippen MR) is 108 cm³/mol. The fourth-order valence-electron chi connectivity index (χ4n) is 3.39. The van der Waals surface area contributed by atoms with Gasteiger partial charge >= 0.3 is 5.97 Å². The molecule has 1 aromatic heterocycles. The molecule has 1 aliphatic carbocycles. The van der Waals surface area contributed by atoms with Crippen LogP contribution in [-0.2, 0) is 28.8 Å². The van der Waals surface area contributed by atoms with E-state index in [1.165, 1.54) is 46.6 Å². The van der Waals surface area contributed by atoms with Gasteiger partial charge in [0.15, 0.2) is 6.61 Å². The molecule has 3 rings (SSSR count). The number of esters is 1. The summed E-state index contributed by atoms with van der Waals surface area (Å²) in [5.41, 5.74) is 2.53. The van der Waals surface area contributed by atoms with E-state index in [4.69, 9.17) is 4.74 Å². The summed E-state index contributed by atoms with van der Waals surface area (Å²) >= 11 is 1.52. The molecule has 0 saturated heterocycles. The first-order valence-corrected chi connectivity index (χ1v) is 10.6. The first-order valence-electron chi connectivity index (χ1n) is 9.74. The van der Waals surface area contributed by atoms with Gasteiger partial charge in [0, 0.05) is 10.9 Å². The van der Waals surface area contributed by atoms with Crippen LogP contribution in [0.2, 0.25) is 0 Å². The molecule has 27 heavy (non-hydrogen) atoms. The van der Waals surface area contributed by atoms with Crippen molar-refractivity contribution in [1.82, 2.24) is 5.32 Å². The smallest absolute Gasteiger partial charge is 0.348 e. The third-order valence-electron chi connectivity index (χ3n) is 4.90. The molecule has 1 amide bonds. The summed E-state index contributed by atoms with van der Waals surface area (Å²) < 4.78 is 5.22. The molecular weight excluding hydrogens is 358 g/mol. The van der Waals surface area contributed by atoms with Crippen LogP contribution in [0.1, 0.15) is 58.3 Å². The number of ether oxygens (including phenoxy) is 1. The molecule has 0 radical (unpaired) electrons. The Balaban J connectivity index is 1.41. The summed E-state index contributed by atoms with van der Waals surface area (Å²) in [4.78, 5) is 26.2. The molecule has 4 nitrogen and oxygen atoms in total. The molecule has 0 aliphatic heterocycles. The molecule has 5 heteroatoms. The highest BCUT2D eigenvalue weighted by Gasteiger charge is 2.18. The third kappa shape index (κ3) is 5.93. The van der Waals surface area contributed by atoms with Crippen molar-refractivity contribution in [3.8, 4) is 0 Å². The molecule has 1 unspecified atom stereocenters. The first kappa shape index (κ1) is 19.6. The molecular formula is C22H27NO3S.